The van der Waals surface area contributed by atoms with Gasteiger partial charge in [-0.15, -0.1) is 0 Å². The third-order valence-corrected chi connectivity index (χ3v) is 8.90. The van der Waals surface area contributed by atoms with Crippen LogP contribution in [0.3, 0.4) is 0 Å². The number of amidine groups is 1. The summed E-state index contributed by atoms with van der Waals surface area (Å²) < 4.78 is 80.3. The van der Waals surface area contributed by atoms with Gasteiger partial charge in [-0.25, -0.2) is 4.79 Å². The predicted molar refractivity (Wildman–Crippen MR) is 159 cm³/mol. The van der Waals surface area contributed by atoms with Gasteiger partial charge < -0.3 is 9.64 Å². The number of carbonyl (C=O) groups is 1. The van der Waals surface area contributed by atoms with Crippen molar-refractivity contribution in [3.8, 4) is 5.75 Å². The Morgan fingerprint density at radius 2 is 1.52 bits per heavy atom. The number of ether oxygens (including phenoxy) is 1. The molecule has 1 saturated heterocycles. The zero-order valence-electron chi connectivity index (χ0n) is 23.2. The van der Waals surface area contributed by atoms with Gasteiger partial charge in [0.1, 0.15) is 17.6 Å². The first-order valence-corrected chi connectivity index (χ1v) is 15.7. The Kier molecular flexibility index (Phi) is 9.15. The van der Waals surface area contributed by atoms with Gasteiger partial charge in [-0.3, -0.25) is 14.4 Å². The molecule has 15 heteroatoms. The second kappa shape index (κ2) is 12.6. The first-order valence-electron chi connectivity index (χ1n) is 13.5. The van der Waals surface area contributed by atoms with E-state index in [0.29, 0.717) is 21.2 Å². The average Bonchev–Trinajstić information content (AvgIpc) is 3.37. The number of hydrogen-bond donors (Lipinski definition) is 1. The predicted octanol–water partition coefficient (Wildman–Crippen LogP) is 6.50. The van der Waals surface area contributed by atoms with Crippen LogP contribution in [0.15, 0.2) is 71.7 Å². The van der Waals surface area contributed by atoms with Gasteiger partial charge in [0.25, 0.3) is 0 Å². The van der Waals surface area contributed by atoms with Crippen molar-refractivity contribution < 1.29 is 35.7 Å². The second-order valence-electron chi connectivity index (χ2n) is 10.1. The summed E-state index contributed by atoms with van der Waals surface area (Å²) in [6, 6.07) is 14.6. The Balaban J connectivity index is 1.67. The standard InChI is InChI=1S/C29H27Cl2F3N4O5S/c1-2-43-24-17-20(29(32,33)34)7-12-23(24)27-35-25(18-3-8-21(30)9-4-18)26(19-5-10-22(31)11-6-19)38(27)28(39)36-13-15-37(16-14-36)44(40,41)42/h3-12,17,25-26H,2,13-16H2,1H3,(H,40,41,42). The molecule has 2 unspecified atom stereocenters. The van der Waals surface area contributed by atoms with E-state index in [1.54, 1.807) is 55.5 Å². The molecule has 5 rings (SSSR count). The summed E-state index contributed by atoms with van der Waals surface area (Å²) in [4.78, 5) is 22.1. The first kappa shape index (κ1) is 32.0. The molecule has 1 N–H and O–H groups in total. The summed E-state index contributed by atoms with van der Waals surface area (Å²) in [7, 11) is -4.46. The Labute approximate surface area is 262 Å². The molecular formula is C29H27Cl2F3N4O5S. The van der Waals surface area contributed by atoms with Crippen LogP contribution in [-0.4, -0.2) is 71.7 Å². The monoisotopic (exact) mass is 670 g/mol. The first-order chi connectivity index (χ1) is 20.8. The van der Waals surface area contributed by atoms with E-state index < -0.39 is 40.2 Å². The average molecular weight is 672 g/mol. The summed E-state index contributed by atoms with van der Waals surface area (Å²) in [5.41, 5.74) is 0.567. The number of halogens is 5. The summed E-state index contributed by atoms with van der Waals surface area (Å²) in [5.74, 6) is -0.0361. The molecule has 0 spiro atoms. The molecule has 3 aromatic carbocycles. The van der Waals surface area contributed by atoms with E-state index in [4.69, 9.17) is 32.9 Å². The van der Waals surface area contributed by atoms with Gasteiger partial charge in [0.05, 0.1) is 23.8 Å². The number of hydrogen-bond acceptors (Lipinski definition) is 5. The fraction of sp³-hybridized carbons (Fsp3) is 0.310. The van der Waals surface area contributed by atoms with Crippen LogP contribution in [0.1, 0.15) is 41.3 Å². The minimum Gasteiger partial charge on any atom is -0.493 e. The minimum atomic E-state index is -4.64. The highest BCUT2D eigenvalue weighted by Crippen LogP contribution is 2.46. The van der Waals surface area contributed by atoms with Crippen LogP contribution in [-0.2, 0) is 16.5 Å². The van der Waals surface area contributed by atoms with Gasteiger partial charge in [-0.1, -0.05) is 47.5 Å². The van der Waals surface area contributed by atoms with E-state index in [9.17, 15) is 30.9 Å². The minimum absolute atomic E-state index is 0.0489. The third kappa shape index (κ3) is 6.66. The van der Waals surface area contributed by atoms with Crippen molar-refractivity contribution in [2.75, 3.05) is 32.8 Å². The molecule has 234 valence electrons. The lowest BCUT2D eigenvalue weighted by atomic mass is 9.93. The highest BCUT2D eigenvalue weighted by Gasteiger charge is 2.45. The Bertz CT molecular complexity index is 1660. The van der Waals surface area contributed by atoms with E-state index >= 15 is 0 Å². The normalized spacial score (nSPS) is 19.7. The van der Waals surface area contributed by atoms with Gasteiger partial charge in [-0.2, -0.15) is 25.9 Å². The number of rotatable bonds is 6. The van der Waals surface area contributed by atoms with Crippen molar-refractivity contribution in [1.29, 1.82) is 0 Å². The molecule has 2 aliphatic rings. The van der Waals surface area contributed by atoms with Crippen molar-refractivity contribution in [2.45, 2.75) is 25.2 Å². The molecule has 2 heterocycles. The number of amides is 2. The number of piperazine rings is 1. The van der Waals surface area contributed by atoms with Crippen molar-refractivity contribution in [3.05, 3.63) is 99.0 Å². The van der Waals surface area contributed by atoms with E-state index in [1.807, 2.05) is 0 Å². The zero-order chi connectivity index (χ0) is 31.8. The lowest BCUT2D eigenvalue weighted by molar-refractivity contribution is -0.137. The second-order valence-corrected chi connectivity index (χ2v) is 12.4. The Morgan fingerprint density at radius 3 is 2.05 bits per heavy atom. The number of alkyl halides is 3. The lowest BCUT2D eigenvalue weighted by Crippen LogP contribution is -2.55. The molecule has 0 saturated carbocycles. The van der Waals surface area contributed by atoms with Crippen LogP contribution >= 0.6 is 23.2 Å². The van der Waals surface area contributed by atoms with Crippen LogP contribution in [0.5, 0.6) is 5.75 Å². The molecule has 2 atom stereocenters. The molecule has 0 radical (unpaired) electrons. The zero-order valence-corrected chi connectivity index (χ0v) is 25.5. The van der Waals surface area contributed by atoms with Gasteiger partial charge in [0.2, 0.25) is 0 Å². The SMILES string of the molecule is CCOc1cc(C(F)(F)F)ccc1C1=NC(c2ccc(Cl)cc2)C(c2ccc(Cl)cc2)N1C(=O)N1CCN(S(=O)(=O)O)CC1. The number of nitrogens with zero attached hydrogens (tertiary/aromatic N) is 4. The highest BCUT2D eigenvalue weighted by molar-refractivity contribution is 7.83. The summed E-state index contributed by atoms with van der Waals surface area (Å²) in [5, 5.41) is 0.932. The molecule has 1 fully saturated rings. The number of aliphatic imine (C=N–C) groups is 1. The van der Waals surface area contributed by atoms with Gasteiger partial charge in [0, 0.05) is 36.2 Å². The topological polar surface area (TPSA) is 103 Å². The molecule has 0 bridgehead atoms. The Morgan fingerprint density at radius 1 is 0.955 bits per heavy atom. The van der Waals surface area contributed by atoms with E-state index in [-0.39, 0.29) is 49.9 Å². The molecule has 3 aromatic rings. The number of benzene rings is 3. The molecule has 2 amide bonds. The molecular weight excluding hydrogens is 644 g/mol. The highest BCUT2D eigenvalue weighted by atomic mass is 35.5. The summed E-state index contributed by atoms with van der Waals surface area (Å²) in [6.45, 7) is 1.28. The van der Waals surface area contributed by atoms with Crippen LogP contribution in [0.4, 0.5) is 18.0 Å². The largest absolute Gasteiger partial charge is 0.493 e. The molecule has 9 nitrogen and oxygen atoms in total. The van der Waals surface area contributed by atoms with Crippen LogP contribution < -0.4 is 4.74 Å². The van der Waals surface area contributed by atoms with E-state index in [0.717, 1.165) is 16.4 Å². The quantitative estimate of drug-likeness (QED) is 0.302. The van der Waals surface area contributed by atoms with Crippen LogP contribution in [0.2, 0.25) is 10.0 Å². The van der Waals surface area contributed by atoms with Crippen molar-refractivity contribution in [3.63, 3.8) is 0 Å². The maximum atomic E-state index is 14.4. The molecule has 2 aliphatic heterocycles. The number of urea groups is 1. The van der Waals surface area contributed by atoms with Crippen molar-refractivity contribution >= 4 is 45.4 Å². The van der Waals surface area contributed by atoms with E-state index in [2.05, 4.69) is 0 Å². The molecule has 0 aromatic heterocycles. The van der Waals surface area contributed by atoms with E-state index in [1.165, 1.54) is 15.9 Å². The van der Waals surface area contributed by atoms with Gasteiger partial charge in [-0.05, 0) is 60.5 Å². The summed E-state index contributed by atoms with van der Waals surface area (Å²) in [6.07, 6.45) is -4.64. The summed E-state index contributed by atoms with van der Waals surface area (Å²) >= 11 is 12.3. The van der Waals surface area contributed by atoms with Gasteiger partial charge in [0.15, 0.2) is 0 Å². The smallest absolute Gasteiger partial charge is 0.416 e. The Hall–Kier alpha value is -3.36. The van der Waals surface area contributed by atoms with Crippen LogP contribution in [0.25, 0.3) is 0 Å². The maximum absolute atomic E-state index is 14.4. The lowest BCUT2D eigenvalue weighted by Gasteiger charge is -2.38. The van der Waals surface area contributed by atoms with Crippen molar-refractivity contribution in [2.24, 2.45) is 4.99 Å². The molecule has 44 heavy (non-hydrogen) atoms. The third-order valence-electron chi connectivity index (χ3n) is 7.38. The molecule has 0 aliphatic carbocycles. The number of carbonyl (C=O) groups excluding carboxylic acids is 1. The van der Waals surface area contributed by atoms with Crippen molar-refractivity contribution in [1.82, 2.24) is 14.1 Å². The van der Waals surface area contributed by atoms with Crippen LogP contribution in [0, 0.1) is 0 Å². The van der Waals surface area contributed by atoms with Gasteiger partial charge >= 0.3 is 22.5 Å². The maximum Gasteiger partial charge on any atom is 0.416 e. The fourth-order valence-corrected chi connectivity index (χ4v) is 6.15. The fourth-order valence-electron chi connectivity index (χ4n) is 5.28.